The quantitative estimate of drug-likeness (QED) is 0.823. The lowest BCUT2D eigenvalue weighted by atomic mass is 10.1. The fraction of sp³-hybridized carbons (Fsp3) is 0.500. The van der Waals surface area contributed by atoms with E-state index in [9.17, 15) is 4.79 Å². The maximum Gasteiger partial charge on any atom is 0.224 e. The predicted molar refractivity (Wildman–Crippen MR) is 72.0 cm³/mol. The van der Waals surface area contributed by atoms with E-state index in [4.69, 9.17) is 5.73 Å². The highest BCUT2D eigenvalue weighted by Gasteiger charge is 2.07. The summed E-state index contributed by atoms with van der Waals surface area (Å²) in [5.74, 6) is 0.0723. The van der Waals surface area contributed by atoms with Crippen LogP contribution in [0.3, 0.4) is 0 Å². The fourth-order valence-electron chi connectivity index (χ4n) is 1.80. The summed E-state index contributed by atoms with van der Waals surface area (Å²) in [6, 6.07) is 6.17. The van der Waals surface area contributed by atoms with Crippen molar-refractivity contribution in [3.05, 3.63) is 29.3 Å². The summed E-state index contributed by atoms with van der Waals surface area (Å²) in [4.78, 5) is 11.7. The van der Waals surface area contributed by atoms with Crippen molar-refractivity contribution in [2.45, 2.75) is 46.1 Å². The number of rotatable bonds is 5. The Morgan fingerprint density at radius 2 is 1.94 bits per heavy atom. The molecule has 3 heteroatoms. The van der Waals surface area contributed by atoms with Crippen LogP contribution in [0.1, 0.15) is 37.3 Å². The van der Waals surface area contributed by atoms with Gasteiger partial charge in [-0.15, -0.1) is 0 Å². The summed E-state index contributed by atoms with van der Waals surface area (Å²) >= 11 is 0. The van der Waals surface area contributed by atoms with Crippen molar-refractivity contribution < 1.29 is 4.79 Å². The molecule has 1 rings (SSSR count). The standard InChI is InChI=1S/C14H22N2O/c1-10-6-4-7-11(2)14(10)16-13(17)9-5-8-12(3)15/h4,6-7,12H,5,8-9,15H2,1-3H3,(H,16,17). The average Bonchev–Trinajstić information content (AvgIpc) is 2.23. The number of carbonyl (C=O) groups excluding carboxylic acids is 1. The minimum Gasteiger partial charge on any atom is -0.328 e. The van der Waals surface area contributed by atoms with Gasteiger partial charge >= 0.3 is 0 Å². The van der Waals surface area contributed by atoms with Crippen LogP contribution in [0.15, 0.2) is 18.2 Å². The van der Waals surface area contributed by atoms with Crippen LogP contribution in [0, 0.1) is 13.8 Å². The molecule has 1 amide bonds. The van der Waals surface area contributed by atoms with Crippen molar-refractivity contribution in [2.75, 3.05) is 5.32 Å². The molecule has 0 aliphatic carbocycles. The first-order valence-corrected chi connectivity index (χ1v) is 6.12. The third-order valence-electron chi connectivity index (χ3n) is 2.81. The minimum absolute atomic E-state index is 0.0723. The molecule has 1 aromatic rings. The number of amides is 1. The summed E-state index contributed by atoms with van der Waals surface area (Å²) in [7, 11) is 0. The maximum atomic E-state index is 11.7. The SMILES string of the molecule is Cc1cccc(C)c1NC(=O)CCCC(C)N. The second kappa shape index (κ2) is 6.40. The molecule has 0 fully saturated rings. The van der Waals surface area contributed by atoms with E-state index in [1.807, 2.05) is 39.0 Å². The third-order valence-corrected chi connectivity index (χ3v) is 2.81. The van der Waals surface area contributed by atoms with Crippen LogP contribution in [-0.2, 0) is 4.79 Å². The zero-order valence-electron chi connectivity index (χ0n) is 10.9. The molecular formula is C14H22N2O. The zero-order valence-corrected chi connectivity index (χ0v) is 10.9. The summed E-state index contributed by atoms with van der Waals surface area (Å²) in [5.41, 5.74) is 8.80. The molecule has 3 N–H and O–H groups in total. The Balaban J connectivity index is 2.51. The molecule has 0 saturated heterocycles. The molecule has 1 unspecified atom stereocenters. The monoisotopic (exact) mass is 234 g/mol. The number of carbonyl (C=O) groups is 1. The van der Waals surface area contributed by atoms with E-state index >= 15 is 0 Å². The Labute approximate surface area is 103 Å². The predicted octanol–water partition coefficient (Wildman–Crippen LogP) is 2.76. The Morgan fingerprint density at radius 1 is 1.35 bits per heavy atom. The van der Waals surface area contributed by atoms with Crippen LogP contribution in [0.2, 0.25) is 0 Å². The largest absolute Gasteiger partial charge is 0.328 e. The first-order chi connectivity index (χ1) is 8.00. The molecule has 0 saturated carbocycles. The second-order valence-corrected chi connectivity index (χ2v) is 4.68. The topological polar surface area (TPSA) is 55.1 Å². The lowest BCUT2D eigenvalue weighted by Gasteiger charge is -2.11. The van der Waals surface area contributed by atoms with Gasteiger partial charge in [0.2, 0.25) is 5.91 Å². The average molecular weight is 234 g/mol. The molecule has 0 bridgehead atoms. The molecule has 0 aromatic heterocycles. The fourth-order valence-corrected chi connectivity index (χ4v) is 1.80. The van der Waals surface area contributed by atoms with Gasteiger partial charge in [-0.1, -0.05) is 18.2 Å². The molecule has 0 aliphatic heterocycles. The molecule has 1 aromatic carbocycles. The van der Waals surface area contributed by atoms with Crippen molar-refractivity contribution in [3.63, 3.8) is 0 Å². The Hall–Kier alpha value is -1.35. The van der Waals surface area contributed by atoms with Crippen LogP contribution in [0.5, 0.6) is 0 Å². The molecule has 0 heterocycles. The van der Waals surface area contributed by atoms with Gasteiger partial charge in [0.15, 0.2) is 0 Å². The van der Waals surface area contributed by atoms with Crippen molar-refractivity contribution in [1.29, 1.82) is 0 Å². The van der Waals surface area contributed by atoms with Crippen LogP contribution in [0.25, 0.3) is 0 Å². The van der Waals surface area contributed by atoms with Gasteiger partial charge < -0.3 is 11.1 Å². The summed E-state index contributed by atoms with van der Waals surface area (Å²) in [5, 5.41) is 2.97. The number of hydrogen-bond acceptors (Lipinski definition) is 2. The first kappa shape index (κ1) is 13.7. The lowest BCUT2D eigenvalue weighted by molar-refractivity contribution is -0.116. The molecule has 1 atom stereocenters. The van der Waals surface area contributed by atoms with Crippen molar-refractivity contribution in [1.82, 2.24) is 0 Å². The number of benzene rings is 1. The highest BCUT2D eigenvalue weighted by atomic mass is 16.1. The number of aryl methyl sites for hydroxylation is 2. The minimum atomic E-state index is 0.0723. The van der Waals surface area contributed by atoms with Gasteiger partial charge in [-0.25, -0.2) is 0 Å². The van der Waals surface area contributed by atoms with E-state index in [2.05, 4.69) is 5.32 Å². The van der Waals surface area contributed by atoms with E-state index in [1.165, 1.54) is 0 Å². The van der Waals surface area contributed by atoms with Gasteiger partial charge in [0.1, 0.15) is 0 Å². The molecule has 0 spiro atoms. The van der Waals surface area contributed by atoms with E-state index in [-0.39, 0.29) is 11.9 Å². The number of para-hydroxylation sites is 1. The van der Waals surface area contributed by atoms with Crippen molar-refractivity contribution in [3.8, 4) is 0 Å². The van der Waals surface area contributed by atoms with Crippen LogP contribution in [0.4, 0.5) is 5.69 Å². The summed E-state index contributed by atoms with van der Waals surface area (Å²) in [6.45, 7) is 5.97. The second-order valence-electron chi connectivity index (χ2n) is 4.68. The highest BCUT2D eigenvalue weighted by molar-refractivity contribution is 5.92. The first-order valence-electron chi connectivity index (χ1n) is 6.12. The van der Waals surface area contributed by atoms with Crippen LogP contribution >= 0.6 is 0 Å². The van der Waals surface area contributed by atoms with E-state index in [0.717, 1.165) is 29.7 Å². The molecule has 94 valence electrons. The van der Waals surface area contributed by atoms with Gasteiger partial charge in [-0.05, 0) is 44.7 Å². The smallest absolute Gasteiger partial charge is 0.224 e. The Morgan fingerprint density at radius 3 is 2.47 bits per heavy atom. The molecule has 3 nitrogen and oxygen atoms in total. The number of nitrogens with two attached hydrogens (primary N) is 1. The summed E-state index contributed by atoms with van der Waals surface area (Å²) < 4.78 is 0. The Bertz CT molecular complexity index is 366. The van der Waals surface area contributed by atoms with Gasteiger partial charge in [-0.2, -0.15) is 0 Å². The van der Waals surface area contributed by atoms with Gasteiger partial charge in [0.05, 0.1) is 0 Å². The normalized spacial score (nSPS) is 12.2. The molecular weight excluding hydrogens is 212 g/mol. The molecule has 17 heavy (non-hydrogen) atoms. The number of anilines is 1. The van der Waals surface area contributed by atoms with E-state index in [1.54, 1.807) is 0 Å². The van der Waals surface area contributed by atoms with Gasteiger partial charge in [-0.3, -0.25) is 4.79 Å². The van der Waals surface area contributed by atoms with Gasteiger partial charge in [0, 0.05) is 18.2 Å². The highest BCUT2D eigenvalue weighted by Crippen LogP contribution is 2.19. The lowest BCUT2D eigenvalue weighted by Crippen LogP contribution is -2.17. The summed E-state index contributed by atoms with van der Waals surface area (Å²) in [6.07, 6.45) is 2.27. The number of nitrogens with one attached hydrogen (secondary N) is 1. The van der Waals surface area contributed by atoms with Crippen molar-refractivity contribution >= 4 is 11.6 Å². The third kappa shape index (κ3) is 4.57. The van der Waals surface area contributed by atoms with Crippen LogP contribution in [-0.4, -0.2) is 11.9 Å². The van der Waals surface area contributed by atoms with Crippen LogP contribution < -0.4 is 11.1 Å². The van der Waals surface area contributed by atoms with E-state index < -0.39 is 0 Å². The zero-order chi connectivity index (χ0) is 12.8. The Kier molecular flexibility index (Phi) is 5.16. The maximum absolute atomic E-state index is 11.7. The van der Waals surface area contributed by atoms with Crippen molar-refractivity contribution in [2.24, 2.45) is 5.73 Å². The molecule has 0 radical (unpaired) electrons. The number of hydrogen-bond donors (Lipinski definition) is 2. The van der Waals surface area contributed by atoms with E-state index in [0.29, 0.717) is 6.42 Å². The molecule has 0 aliphatic rings. The van der Waals surface area contributed by atoms with Gasteiger partial charge in [0.25, 0.3) is 0 Å².